The molecule has 0 radical (unpaired) electrons. The fraction of sp³-hybridized carbons (Fsp3) is 0.500. The lowest BCUT2D eigenvalue weighted by atomic mass is 10.3. The minimum Gasteiger partial charge on any atom is -0.326 e. The summed E-state index contributed by atoms with van der Waals surface area (Å²) in [5, 5.41) is 2.08. The van der Waals surface area contributed by atoms with E-state index >= 15 is 0 Å². The molecule has 0 atom stereocenters. The van der Waals surface area contributed by atoms with Gasteiger partial charge >= 0.3 is 6.18 Å². The second-order valence-corrected chi connectivity index (χ2v) is 7.18. The Morgan fingerprint density at radius 1 is 1.13 bits per heavy atom. The number of alkyl halides is 3. The molecule has 0 aromatic heterocycles. The summed E-state index contributed by atoms with van der Waals surface area (Å²) in [7, 11) is -3.66. The summed E-state index contributed by atoms with van der Waals surface area (Å²) < 4.78 is 63.1. The molecule has 1 fully saturated rings. The van der Waals surface area contributed by atoms with Gasteiger partial charge in [-0.05, 0) is 37.1 Å². The van der Waals surface area contributed by atoms with E-state index in [1.54, 1.807) is 0 Å². The summed E-state index contributed by atoms with van der Waals surface area (Å²) in [4.78, 5) is 11.2. The highest BCUT2D eigenvalue weighted by molar-refractivity contribution is 7.89. The number of carbonyl (C=O) groups is 1. The summed E-state index contributed by atoms with van der Waals surface area (Å²) in [5.74, 6) is -1.20. The molecule has 0 saturated heterocycles. The molecule has 128 valence electrons. The lowest BCUT2D eigenvalue weighted by Gasteiger charge is -2.13. The van der Waals surface area contributed by atoms with Crippen LogP contribution in [0.3, 0.4) is 0 Å². The van der Waals surface area contributed by atoms with Gasteiger partial charge in [-0.1, -0.05) is 12.8 Å². The molecule has 0 spiro atoms. The first-order valence-corrected chi connectivity index (χ1v) is 8.63. The van der Waals surface area contributed by atoms with Gasteiger partial charge in [0.25, 0.3) is 0 Å². The van der Waals surface area contributed by atoms with Gasteiger partial charge in [0.15, 0.2) is 0 Å². The fourth-order valence-corrected chi connectivity index (χ4v) is 3.74. The van der Waals surface area contributed by atoms with Crippen LogP contribution in [0.15, 0.2) is 29.2 Å². The Morgan fingerprint density at radius 2 is 1.70 bits per heavy atom. The highest BCUT2D eigenvalue weighted by Gasteiger charge is 2.31. The smallest absolute Gasteiger partial charge is 0.326 e. The molecule has 23 heavy (non-hydrogen) atoms. The van der Waals surface area contributed by atoms with E-state index in [2.05, 4.69) is 10.0 Å². The van der Waals surface area contributed by atoms with Gasteiger partial charge in [-0.15, -0.1) is 0 Å². The quantitative estimate of drug-likeness (QED) is 0.857. The number of nitrogens with one attached hydrogen (secondary N) is 2. The third-order valence-corrected chi connectivity index (χ3v) is 5.02. The summed E-state index contributed by atoms with van der Waals surface area (Å²) in [5.41, 5.74) is 0.110. The molecule has 0 heterocycles. The standard InChI is InChI=1S/C14H17F3N2O3S/c15-14(16,17)9-13(20)18-10-5-7-12(8-6-10)23(21,22)19-11-3-1-2-4-11/h5-8,11,19H,1-4,9H2,(H,18,20). The molecule has 1 saturated carbocycles. The Labute approximate surface area is 132 Å². The number of sulfonamides is 1. The maximum Gasteiger partial charge on any atom is 0.397 e. The maximum atomic E-state index is 12.2. The van der Waals surface area contributed by atoms with E-state index in [9.17, 15) is 26.4 Å². The molecular formula is C14H17F3N2O3S. The largest absolute Gasteiger partial charge is 0.397 e. The van der Waals surface area contributed by atoms with Crippen LogP contribution >= 0.6 is 0 Å². The molecule has 0 aliphatic heterocycles. The molecule has 1 amide bonds. The Morgan fingerprint density at radius 3 is 2.22 bits per heavy atom. The van der Waals surface area contributed by atoms with Crippen molar-refractivity contribution in [2.45, 2.75) is 49.2 Å². The van der Waals surface area contributed by atoms with Crippen molar-refractivity contribution >= 4 is 21.6 Å². The average molecular weight is 350 g/mol. The van der Waals surface area contributed by atoms with Gasteiger partial charge in [0.1, 0.15) is 6.42 Å². The van der Waals surface area contributed by atoms with Crippen molar-refractivity contribution in [1.82, 2.24) is 4.72 Å². The minimum atomic E-state index is -4.58. The number of carbonyl (C=O) groups excluding carboxylic acids is 1. The van der Waals surface area contributed by atoms with Crippen molar-refractivity contribution in [3.8, 4) is 0 Å². The topological polar surface area (TPSA) is 75.3 Å². The van der Waals surface area contributed by atoms with E-state index in [0.717, 1.165) is 25.7 Å². The Balaban J connectivity index is 1.99. The molecule has 0 unspecified atom stereocenters. The van der Waals surface area contributed by atoms with Crippen LogP contribution < -0.4 is 10.0 Å². The van der Waals surface area contributed by atoms with Gasteiger partial charge in [0, 0.05) is 11.7 Å². The first-order valence-electron chi connectivity index (χ1n) is 7.15. The van der Waals surface area contributed by atoms with Gasteiger partial charge in [-0.3, -0.25) is 4.79 Å². The normalized spacial score (nSPS) is 16.5. The van der Waals surface area contributed by atoms with Gasteiger partial charge in [-0.25, -0.2) is 13.1 Å². The predicted molar refractivity (Wildman–Crippen MR) is 78.3 cm³/mol. The lowest BCUT2D eigenvalue weighted by molar-refractivity contribution is -0.150. The Kier molecular flexibility index (Phi) is 5.30. The highest BCUT2D eigenvalue weighted by Crippen LogP contribution is 2.22. The summed E-state index contributed by atoms with van der Waals surface area (Å²) in [6.45, 7) is 0. The Hall–Kier alpha value is -1.61. The second-order valence-electron chi connectivity index (χ2n) is 5.47. The molecule has 1 aromatic rings. The first kappa shape index (κ1) is 17.7. The monoisotopic (exact) mass is 350 g/mol. The van der Waals surface area contributed by atoms with E-state index in [-0.39, 0.29) is 16.6 Å². The SMILES string of the molecule is O=C(CC(F)(F)F)Nc1ccc(S(=O)(=O)NC2CCCC2)cc1. The van der Waals surface area contributed by atoms with Crippen LogP contribution in [0.25, 0.3) is 0 Å². The van der Waals surface area contributed by atoms with E-state index in [1.165, 1.54) is 24.3 Å². The van der Waals surface area contributed by atoms with E-state index in [4.69, 9.17) is 0 Å². The highest BCUT2D eigenvalue weighted by atomic mass is 32.2. The number of amides is 1. The number of benzene rings is 1. The molecule has 1 aromatic carbocycles. The van der Waals surface area contributed by atoms with Crippen LogP contribution in [0.2, 0.25) is 0 Å². The number of hydrogen-bond donors (Lipinski definition) is 2. The van der Waals surface area contributed by atoms with E-state index in [1.807, 2.05) is 0 Å². The van der Waals surface area contributed by atoms with Crippen molar-refractivity contribution < 1.29 is 26.4 Å². The first-order chi connectivity index (χ1) is 10.7. The molecule has 5 nitrogen and oxygen atoms in total. The predicted octanol–water partition coefficient (Wildman–Crippen LogP) is 2.80. The van der Waals surface area contributed by atoms with Crippen molar-refractivity contribution in [1.29, 1.82) is 0 Å². The van der Waals surface area contributed by atoms with Crippen molar-refractivity contribution in [3.63, 3.8) is 0 Å². The van der Waals surface area contributed by atoms with Gasteiger partial charge in [0.05, 0.1) is 4.90 Å². The zero-order valence-electron chi connectivity index (χ0n) is 12.2. The fourth-order valence-electron chi connectivity index (χ4n) is 2.44. The van der Waals surface area contributed by atoms with Gasteiger partial charge in [-0.2, -0.15) is 13.2 Å². The zero-order valence-corrected chi connectivity index (χ0v) is 13.0. The van der Waals surface area contributed by atoms with Crippen molar-refractivity contribution in [2.24, 2.45) is 0 Å². The Bertz CT molecular complexity index is 651. The van der Waals surface area contributed by atoms with Crippen molar-refractivity contribution in [2.75, 3.05) is 5.32 Å². The second kappa shape index (κ2) is 6.88. The summed E-state index contributed by atoms with van der Waals surface area (Å²) in [6.07, 6.45) is -2.61. The number of rotatable bonds is 5. The summed E-state index contributed by atoms with van der Waals surface area (Å²) >= 11 is 0. The molecule has 0 bridgehead atoms. The lowest BCUT2D eigenvalue weighted by Crippen LogP contribution is -2.32. The van der Waals surface area contributed by atoms with Gasteiger partial charge < -0.3 is 5.32 Å². The van der Waals surface area contributed by atoms with Crippen LogP contribution in [0.1, 0.15) is 32.1 Å². The van der Waals surface area contributed by atoms with Gasteiger partial charge in [0.2, 0.25) is 15.9 Å². The average Bonchev–Trinajstić information content (AvgIpc) is 2.89. The molecule has 9 heteroatoms. The molecule has 1 aliphatic carbocycles. The van der Waals surface area contributed by atoms with Crippen LogP contribution in [-0.2, 0) is 14.8 Å². The number of anilines is 1. The zero-order chi connectivity index (χ0) is 17.1. The molecule has 2 N–H and O–H groups in total. The maximum absolute atomic E-state index is 12.2. The van der Waals surface area contributed by atoms with Crippen LogP contribution in [-0.4, -0.2) is 26.5 Å². The molecular weight excluding hydrogens is 333 g/mol. The third-order valence-electron chi connectivity index (χ3n) is 3.49. The minimum absolute atomic E-state index is 0.0122. The molecule has 2 rings (SSSR count). The van der Waals surface area contributed by atoms with Crippen LogP contribution in [0.5, 0.6) is 0 Å². The van der Waals surface area contributed by atoms with E-state index in [0.29, 0.717) is 0 Å². The van der Waals surface area contributed by atoms with Crippen molar-refractivity contribution in [3.05, 3.63) is 24.3 Å². The van der Waals surface area contributed by atoms with Crippen LogP contribution in [0.4, 0.5) is 18.9 Å². The number of hydrogen-bond acceptors (Lipinski definition) is 3. The van der Waals surface area contributed by atoms with Crippen LogP contribution in [0, 0.1) is 0 Å². The summed E-state index contributed by atoms with van der Waals surface area (Å²) in [6, 6.07) is 4.95. The molecule has 1 aliphatic rings. The number of halogens is 3. The third kappa shape index (κ3) is 5.51. The van der Waals surface area contributed by atoms with E-state index < -0.39 is 28.5 Å².